The molecule has 6 heteroatoms. The van der Waals surface area contributed by atoms with Crippen LogP contribution < -0.4 is 0 Å². The van der Waals surface area contributed by atoms with Gasteiger partial charge >= 0.3 is 0 Å². The Hall–Kier alpha value is -0.260. The van der Waals surface area contributed by atoms with Gasteiger partial charge in [-0.25, -0.2) is 17.6 Å². The van der Waals surface area contributed by atoms with Crippen molar-refractivity contribution in [3.8, 4) is 0 Å². The van der Waals surface area contributed by atoms with Crippen molar-refractivity contribution >= 4 is 16.9 Å². The fourth-order valence-electron chi connectivity index (χ4n) is 0.951. The van der Waals surface area contributed by atoms with Gasteiger partial charge in [0.2, 0.25) is 0 Å². The average Bonchev–Trinajstić information content (AvgIpc) is 2.16. The van der Waals surface area contributed by atoms with Gasteiger partial charge < -0.3 is 0 Å². The summed E-state index contributed by atoms with van der Waals surface area (Å²) in [4.78, 5) is 10.5. The van der Waals surface area contributed by atoms with Gasteiger partial charge in [-0.3, -0.25) is 4.79 Å². The van der Waals surface area contributed by atoms with E-state index in [9.17, 15) is 22.4 Å². The van der Waals surface area contributed by atoms with Gasteiger partial charge in [0.15, 0.2) is 5.12 Å². The highest BCUT2D eigenvalue weighted by Gasteiger charge is 2.24. The molecule has 0 saturated heterocycles. The molecule has 15 heavy (non-hydrogen) atoms. The number of carbonyl (C=O) groups is 1. The molecule has 0 aromatic rings. The Morgan fingerprint density at radius 2 is 1.87 bits per heavy atom. The van der Waals surface area contributed by atoms with Crippen LogP contribution in [-0.4, -0.2) is 36.1 Å². The van der Waals surface area contributed by atoms with E-state index >= 15 is 0 Å². The number of hydrogen-bond acceptors (Lipinski definition) is 2. The molecule has 0 aromatic heterocycles. The minimum Gasteiger partial charge on any atom is -0.288 e. The van der Waals surface area contributed by atoms with Crippen LogP contribution in [0.3, 0.4) is 0 Å². The molecule has 0 fully saturated rings. The summed E-state index contributed by atoms with van der Waals surface area (Å²) in [6.45, 7) is 0.0286. The van der Waals surface area contributed by atoms with E-state index in [4.69, 9.17) is 0 Å². The first-order chi connectivity index (χ1) is 6.97. The van der Waals surface area contributed by atoms with E-state index in [1.54, 1.807) is 0 Å². The number of thioether (sulfide) groups is 1. The fourth-order valence-corrected chi connectivity index (χ4v) is 1.58. The number of halogens is 4. The van der Waals surface area contributed by atoms with Crippen molar-refractivity contribution in [2.24, 2.45) is 0 Å². The zero-order valence-corrected chi connectivity index (χ0v) is 9.21. The van der Waals surface area contributed by atoms with Crippen molar-refractivity contribution in [2.45, 2.75) is 38.3 Å². The minimum atomic E-state index is -2.00. The molecule has 0 aliphatic carbocycles. The van der Waals surface area contributed by atoms with Crippen molar-refractivity contribution in [1.29, 1.82) is 0 Å². The van der Waals surface area contributed by atoms with Gasteiger partial charge in [-0.2, -0.15) is 0 Å². The molecule has 0 aliphatic heterocycles. The van der Waals surface area contributed by atoms with Crippen molar-refractivity contribution in [1.82, 2.24) is 0 Å². The van der Waals surface area contributed by atoms with E-state index in [0.29, 0.717) is 0 Å². The first kappa shape index (κ1) is 14.7. The lowest BCUT2D eigenvalue weighted by atomic mass is 10.1. The molecule has 0 bridgehead atoms. The van der Waals surface area contributed by atoms with E-state index in [0.717, 1.165) is 11.8 Å². The van der Waals surface area contributed by atoms with Crippen LogP contribution in [-0.2, 0) is 4.79 Å². The minimum absolute atomic E-state index is 0.156. The molecule has 0 N–H and O–H groups in total. The average molecular weight is 246 g/mol. The Balaban J connectivity index is 3.68. The number of rotatable bonds is 7. The molecular formula is C9H14F4OS. The van der Waals surface area contributed by atoms with Crippen LogP contribution in [0.5, 0.6) is 0 Å². The third-order valence-corrected chi connectivity index (χ3v) is 2.59. The molecule has 0 radical (unpaired) electrons. The summed E-state index contributed by atoms with van der Waals surface area (Å²) in [7, 11) is 0. The second kappa shape index (κ2) is 7.96. The summed E-state index contributed by atoms with van der Waals surface area (Å²) < 4.78 is 49.8. The predicted octanol–water partition coefficient (Wildman–Crippen LogP) is 3.03. The van der Waals surface area contributed by atoms with Gasteiger partial charge in [0.25, 0.3) is 0 Å². The van der Waals surface area contributed by atoms with Gasteiger partial charge in [-0.1, -0.05) is 11.8 Å². The second-order valence-electron chi connectivity index (χ2n) is 3.15. The molecule has 90 valence electrons. The zero-order chi connectivity index (χ0) is 11.8. The van der Waals surface area contributed by atoms with Gasteiger partial charge in [0.05, 0.1) is 0 Å². The van der Waals surface area contributed by atoms with E-state index in [1.165, 1.54) is 6.92 Å². The maximum absolute atomic E-state index is 13.0. The molecule has 0 spiro atoms. The Morgan fingerprint density at radius 3 is 2.33 bits per heavy atom. The van der Waals surface area contributed by atoms with E-state index in [-0.39, 0.29) is 17.3 Å². The molecular weight excluding hydrogens is 232 g/mol. The number of hydrogen-bond donors (Lipinski definition) is 0. The third kappa shape index (κ3) is 7.64. The highest BCUT2D eigenvalue weighted by Crippen LogP contribution is 2.18. The predicted molar refractivity (Wildman–Crippen MR) is 53.0 cm³/mol. The Morgan fingerprint density at radius 1 is 1.27 bits per heavy atom. The molecule has 0 aliphatic rings. The Bertz CT molecular complexity index is 191. The monoisotopic (exact) mass is 246 g/mol. The molecule has 0 saturated carbocycles. The lowest BCUT2D eigenvalue weighted by Gasteiger charge is -2.13. The van der Waals surface area contributed by atoms with Gasteiger partial charge in [-0.05, 0) is 6.42 Å². The number of carbonyl (C=O) groups excluding carboxylic acids is 1. The summed E-state index contributed by atoms with van der Waals surface area (Å²) in [5.41, 5.74) is 0. The Kier molecular flexibility index (Phi) is 7.82. The van der Waals surface area contributed by atoms with Gasteiger partial charge in [-0.15, -0.1) is 0 Å². The van der Waals surface area contributed by atoms with Crippen molar-refractivity contribution in [2.75, 3.05) is 12.4 Å². The van der Waals surface area contributed by atoms with Crippen LogP contribution in [0.25, 0.3) is 0 Å². The topological polar surface area (TPSA) is 17.1 Å². The largest absolute Gasteiger partial charge is 0.288 e. The maximum atomic E-state index is 13.0. The fraction of sp³-hybridized carbons (Fsp3) is 0.889. The smallest absolute Gasteiger partial charge is 0.185 e. The first-order valence-corrected chi connectivity index (χ1v) is 5.57. The van der Waals surface area contributed by atoms with Crippen LogP contribution in [0.1, 0.15) is 19.8 Å². The normalized spacial score (nSPS) is 17.1. The first-order valence-electron chi connectivity index (χ1n) is 4.59. The van der Waals surface area contributed by atoms with Crippen LogP contribution >= 0.6 is 11.8 Å². The van der Waals surface area contributed by atoms with Gasteiger partial charge in [0.1, 0.15) is 25.2 Å². The molecule has 1 nitrogen and oxygen atoms in total. The quantitative estimate of drug-likeness (QED) is 0.642. The lowest BCUT2D eigenvalue weighted by Crippen LogP contribution is -2.23. The molecule has 0 rings (SSSR count). The van der Waals surface area contributed by atoms with Crippen LogP contribution in [0.15, 0.2) is 0 Å². The lowest BCUT2D eigenvalue weighted by molar-refractivity contribution is -0.109. The van der Waals surface area contributed by atoms with Crippen molar-refractivity contribution in [3.63, 3.8) is 0 Å². The van der Waals surface area contributed by atoms with Crippen LogP contribution in [0.4, 0.5) is 17.6 Å². The van der Waals surface area contributed by atoms with Crippen molar-refractivity contribution < 1.29 is 22.4 Å². The van der Waals surface area contributed by atoms with E-state index < -0.39 is 31.6 Å². The van der Waals surface area contributed by atoms with Crippen molar-refractivity contribution in [3.05, 3.63) is 0 Å². The summed E-state index contributed by atoms with van der Waals surface area (Å²) in [5, 5.41) is -0.176. The molecule has 3 unspecified atom stereocenters. The van der Waals surface area contributed by atoms with Gasteiger partial charge in [0, 0.05) is 19.1 Å². The highest BCUT2D eigenvalue weighted by molar-refractivity contribution is 8.13. The summed E-state index contributed by atoms with van der Waals surface area (Å²) in [6, 6.07) is 0. The van der Waals surface area contributed by atoms with Crippen LogP contribution in [0.2, 0.25) is 0 Å². The van der Waals surface area contributed by atoms with E-state index in [2.05, 4.69) is 0 Å². The molecule has 0 heterocycles. The molecule has 3 atom stereocenters. The summed E-state index contributed by atoms with van der Waals surface area (Å²) in [6.07, 6.45) is -6.70. The number of alkyl halides is 4. The maximum Gasteiger partial charge on any atom is 0.185 e. The van der Waals surface area contributed by atoms with E-state index in [1.807, 2.05) is 0 Å². The van der Waals surface area contributed by atoms with Crippen LogP contribution in [0, 0.1) is 0 Å². The Labute approximate surface area is 90.6 Å². The standard InChI is InChI=1S/C9H14F4OS/c1-6(14)15-3-2-8(12)9(13)4-7(11)5-10/h7-9H,2-5H2,1H3. The summed E-state index contributed by atoms with van der Waals surface area (Å²) >= 11 is 0.888. The third-order valence-electron chi connectivity index (χ3n) is 1.74. The summed E-state index contributed by atoms with van der Waals surface area (Å²) in [5.74, 6) is 0.156. The SMILES string of the molecule is CC(=O)SCCC(F)C(F)CC(F)CF. The highest BCUT2D eigenvalue weighted by atomic mass is 32.2. The zero-order valence-electron chi connectivity index (χ0n) is 8.39. The second-order valence-corrected chi connectivity index (χ2v) is 4.42. The molecule has 0 aromatic carbocycles. The molecule has 0 amide bonds.